The minimum atomic E-state index is -0.465. The number of fused-ring (bicyclic) bond motifs is 1. The van der Waals surface area contributed by atoms with Gasteiger partial charge in [-0.2, -0.15) is 0 Å². The Morgan fingerprint density at radius 2 is 1.83 bits per heavy atom. The molecule has 0 saturated carbocycles. The Hall–Kier alpha value is -2.49. The number of nitrogens with one attached hydrogen (secondary N) is 1. The van der Waals surface area contributed by atoms with Crippen molar-refractivity contribution in [2.75, 3.05) is 5.32 Å². The van der Waals surface area contributed by atoms with Crippen LogP contribution in [0.3, 0.4) is 0 Å². The van der Waals surface area contributed by atoms with E-state index in [1.165, 1.54) is 23.3 Å². The van der Waals surface area contributed by atoms with Crippen LogP contribution < -0.4 is 5.32 Å². The highest BCUT2D eigenvalue weighted by atomic mass is 19.1. The Balaban J connectivity index is 1.57. The fourth-order valence-corrected chi connectivity index (χ4v) is 3.05. The molecular formula is C20H20FNO2. The summed E-state index contributed by atoms with van der Waals surface area (Å²) in [6.07, 6.45) is 3.40. The molecule has 4 heteroatoms. The number of benzene rings is 2. The molecule has 3 nitrogen and oxygen atoms in total. The molecule has 1 amide bonds. The number of halogens is 1. The van der Waals surface area contributed by atoms with Crippen LogP contribution in [-0.2, 0) is 17.6 Å². The Morgan fingerprint density at radius 1 is 1.04 bits per heavy atom. The number of Topliss-reactive ketones (excluding diaryl/α,β-unsaturated/α-hetero) is 1. The van der Waals surface area contributed by atoms with Gasteiger partial charge in [0.1, 0.15) is 5.82 Å². The lowest BCUT2D eigenvalue weighted by Crippen LogP contribution is -2.14. The molecule has 1 N–H and O–H groups in total. The minimum Gasteiger partial charge on any atom is -0.324 e. The van der Waals surface area contributed by atoms with E-state index in [0.29, 0.717) is 5.56 Å². The summed E-state index contributed by atoms with van der Waals surface area (Å²) in [5.41, 5.74) is 4.16. The number of hydrogen-bond acceptors (Lipinski definition) is 2. The van der Waals surface area contributed by atoms with E-state index >= 15 is 0 Å². The van der Waals surface area contributed by atoms with Crippen molar-refractivity contribution < 1.29 is 14.0 Å². The smallest absolute Gasteiger partial charge is 0.224 e. The number of carbonyl (C=O) groups is 2. The lowest BCUT2D eigenvalue weighted by Gasteiger charge is -2.07. The standard InChI is InChI=1S/C20H20FNO2/c1-13-5-8-18(17(21)11-13)22-20(24)10-9-19(23)16-7-6-14-3-2-4-15(14)12-16/h5-8,11-12H,2-4,9-10H2,1H3,(H,22,24). The maximum atomic E-state index is 13.7. The van der Waals surface area contributed by atoms with Crippen molar-refractivity contribution in [1.82, 2.24) is 0 Å². The highest BCUT2D eigenvalue weighted by molar-refractivity contribution is 6.00. The monoisotopic (exact) mass is 325 g/mol. The molecule has 0 radical (unpaired) electrons. The van der Waals surface area contributed by atoms with Gasteiger partial charge in [0.15, 0.2) is 5.78 Å². The van der Waals surface area contributed by atoms with Crippen molar-refractivity contribution in [3.8, 4) is 0 Å². The second-order valence-electron chi connectivity index (χ2n) is 6.29. The lowest BCUT2D eigenvalue weighted by atomic mass is 10.0. The number of rotatable bonds is 5. The largest absolute Gasteiger partial charge is 0.324 e. The summed E-state index contributed by atoms with van der Waals surface area (Å²) < 4.78 is 13.7. The Morgan fingerprint density at radius 3 is 2.62 bits per heavy atom. The van der Waals surface area contributed by atoms with E-state index in [9.17, 15) is 14.0 Å². The number of hydrogen-bond donors (Lipinski definition) is 1. The third-order valence-corrected chi connectivity index (χ3v) is 4.40. The average molecular weight is 325 g/mol. The second kappa shape index (κ2) is 6.95. The quantitative estimate of drug-likeness (QED) is 0.837. The Labute approximate surface area is 140 Å². The first-order chi connectivity index (χ1) is 11.5. The molecule has 2 aromatic rings. The van der Waals surface area contributed by atoms with Crippen molar-refractivity contribution >= 4 is 17.4 Å². The van der Waals surface area contributed by atoms with Crippen LogP contribution >= 0.6 is 0 Å². The van der Waals surface area contributed by atoms with Crippen molar-refractivity contribution in [3.63, 3.8) is 0 Å². The van der Waals surface area contributed by atoms with Crippen LogP contribution in [0.1, 0.15) is 46.3 Å². The third-order valence-electron chi connectivity index (χ3n) is 4.40. The molecule has 1 aliphatic carbocycles. The predicted molar refractivity (Wildman–Crippen MR) is 91.8 cm³/mol. The molecule has 0 bridgehead atoms. The molecule has 2 aromatic carbocycles. The maximum Gasteiger partial charge on any atom is 0.224 e. The van der Waals surface area contributed by atoms with E-state index in [4.69, 9.17) is 0 Å². The number of aryl methyl sites for hydroxylation is 3. The lowest BCUT2D eigenvalue weighted by molar-refractivity contribution is -0.116. The number of amides is 1. The van der Waals surface area contributed by atoms with Crippen LogP contribution in [0.2, 0.25) is 0 Å². The third kappa shape index (κ3) is 3.70. The Bertz CT molecular complexity index is 798. The molecule has 0 heterocycles. The van der Waals surface area contributed by atoms with Gasteiger partial charge in [0.2, 0.25) is 5.91 Å². The first-order valence-electron chi connectivity index (χ1n) is 8.24. The van der Waals surface area contributed by atoms with Gasteiger partial charge in [0.25, 0.3) is 0 Å². The summed E-state index contributed by atoms with van der Waals surface area (Å²) in [7, 11) is 0. The van der Waals surface area contributed by atoms with Crippen LogP contribution in [-0.4, -0.2) is 11.7 Å². The molecular weight excluding hydrogens is 305 g/mol. The summed E-state index contributed by atoms with van der Waals surface area (Å²) in [6.45, 7) is 1.78. The highest BCUT2D eigenvalue weighted by Gasteiger charge is 2.15. The van der Waals surface area contributed by atoms with Crippen LogP contribution in [0.5, 0.6) is 0 Å². The summed E-state index contributed by atoms with van der Waals surface area (Å²) >= 11 is 0. The molecule has 3 rings (SSSR count). The van der Waals surface area contributed by atoms with Gasteiger partial charge >= 0.3 is 0 Å². The van der Waals surface area contributed by atoms with Crippen LogP contribution in [0, 0.1) is 12.7 Å². The van der Waals surface area contributed by atoms with E-state index in [0.717, 1.165) is 24.8 Å². The van der Waals surface area contributed by atoms with Gasteiger partial charge in [-0.05, 0) is 61.1 Å². The van der Waals surface area contributed by atoms with Gasteiger partial charge in [-0.1, -0.05) is 18.2 Å². The predicted octanol–water partition coefficient (Wildman–Crippen LogP) is 4.22. The van der Waals surface area contributed by atoms with Crippen molar-refractivity contribution in [3.05, 3.63) is 64.5 Å². The van der Waals surface area contributed by atoms with Gasteiger partial charge in [-0.15, -0.1) is 0 Å². The van der Waals surface area contributed by atoms with E-state index in [1.54, 1.807) is 13.0 Å². The fourth-order valence-electron chi connectivity index (χ4n) is 3.05. The molecule has 1 aliphatic rings. The number of anilines is 1. The van der Waals surface area contributed by atoms with Crippen molar-refractivity contribution in [2.24, 2.45) is 0 Å². The molecule has 0 unspecified atom stereocenters. The zero-order valence-corrected chi connectivity index (χ0v) is 13.7. The molecule has 0 aliphatic heterocycles. The molecule has 0 atom stereocenters. The molecule has 0 saturated heterocycles. The first-order valence-corrected chi connectivity index (χ1v) is 8.24. The van der Waals surface area contributed by atoms with Crippen LogP contribution in [0.25, 0.3) is 0 Å². The zero-order chi connectivity index (χ0) is 17.1. The topological polar surface area (TPSA) is 46.2 Å². The van der Waals surface area contributed by atoms with E-state index in [-0.39, 0.29) is 30.2 Å². The summed E-state index contributed by atoms with van der Waals surface area (Å²) in [6, 6.07) is 10.4. The van der Waals surface area contributed by atoms with Gasteiger partial charge in [-0.25, -0.2) is 4.39 Å². The van der Waals surface area contributed by atoms with E-state index in [2.05, 4.69) is 5.32 Å². The average Bonchev–Trinajstić information content (AvgIpc) is 3.03. The summed E-state index contributed by atoms with van der Waals surface area (Å²) in [5, 5.41) is 2.52. The van der Waals surface area contributed by atoms with Gasteiger partial charge in [0.05, 0.1) is 5.69 Å². The normalized spacial score (nSPS) is 12.8. The second-order valence-corrected chi connectivity index (χ2v) is 6.29. The minimum absolute atomic E-state index is 0.0449. The van der Waals surface area contributed by atoms with Gasteiger partial charge in [0, 0.05) is 18.4 Å². The molecule has 0 aromatic heterocycles. The molecule has 124 valence electrons. The van der Waals surface area contributed by atoms with E-state index in [1.807, 2.05) is 18.2 Å². The summed E-state index contributed by atoms with van der Waals surface area (Å²) in [4.78, 5) is 24.2. The maximum absolute atomic E-state index is 13.7. The number of ketones is 1. The van der Waals surface area contributed by atoms with Crippen LogP contribution in [0.4, 0.5) is 10.1 Å². The molecule has 24 heavy (non-hydrogen) atoms. The van der Waals surface area contributed by atoms with Crippen LogP contribution in [0.15, 0.2) is 36.4 Å². The Kier molecular flexibility index (Phi) is 4.74. The SMILES string of the molecule is Cc1ccc(NC(=O)CCC(=O)c2ccc3c(c2)CCC3)c(F)c1. The van der Waals surface area contributed by atoms with Gasteiger partial charge in [-0.3, -0.25) is 9.59 Å². The summed E-state index contributed by atoms with van der Waals surface area (Å²) in [5.74, 6) is -0.871. The van der Waals surface area contributed by atoms with Crippen molar-refractivity contribution in [1.29, 1.82) is 0 Å². The van der Waals surface area contributed by atoms with Crippen molar-refractivity contribution in [2.45, 2.75) is 39.0 Å². The highest BCUT2D eigenvalue weighted by Crippen LogP contribution is 2.23. The van der Waals surface area contributed by atoms with Gasteiger partial charge < -0.3 is 5.32 Å². The first kappa shape index (κ1) is 16.4. The fraction of sp³-hybridized carbons (Fsp3) is 0.300. The zero-order valence-electron chi connectivity index (χ0n) is 13.7. The van der Waals surface area contributed by atoms with E-state index < -0.39 is 5.82 Å². The number of carbonyl (C=O) groups excluding carboxylic acids is 2. The molecule has 0 spiro atoms. The molecule has 0 fully saturated rings.